The predicted molar refractivity (Wildman–Crippen MR) is 85.4 cm³/mol. The minimum absolute atomic E-state index is 0.497. The summed E-state index contributed by atoms with van der Waals surface area (Å²) in [6.45, 7) is 14.3. The summed E-state index contributed by atoms with van der Waals surface area (Å²) in [5, 5.41) is 3.88. The lowest BCUT2D eigenvalue weighted by molar-refractivity contribution is 0.0810. The molecule has 0 bridgehead atoms. The first-order valence-corrected chi connectivity index (χ1v) is 8.73. The molecule has 0 aromatic carbocycles. The van der Waals surface area contributed by atoms with E-state index in [0.717, 1.165) is 0 Å². The van der Waals surface area contributed by atoms with Crippen LogP contribution in [0.2, 0.25) is 0 Å². The summed E-state index contributed by atoms with van der Waals surface area (Å²) in [4.78, 5) is 0. The molecule has 108 valence electrons. The van der Waals surface area contributed by atoms with Gasteiger partial charge in [-0.1, -0.05) is 34.6 Å². The van der Waals surface area contributed by atoms with Crippen LogP contribution in [0.1, 0.15) is 67.2 Å². The minimum atomic E-state index is 0.497. The van der Waals surface area contributed by atoms with Gasteiger partial charge in [0, 0.05) is 12.1 Å². The van der Waals surface area contributed by atoms with E-state index < -0.39 is 0 Å². The van der Waals surface area contributed by atoms with Gasteiger partial charge in [-0.05, 0) is 54.9 Å². The van der Waals surface area contributed by atoms with Gasteiger partial charge in [0.2, 0.25) is 0 Å². The van der Waals surface area contributed by atoms with Crippen LogP contribution in [0, 0.1) is 10.8 Å². The van der Waals surface area contributed by atoms with Crippen molar-refractivity contribution >= 4 is 11.8 Å². The third kappa shape index (κ3) is 5.97. The zero-order valence-electron chi connectivity index (χ0n) is 13.3. The highest BCUT2D eigenvalue weighted by atomic mass is 32.2. The lowest BCUT2D eigenvalue weighted by atomic mass is 9.63. The summed E-state index contributed by atoms with van der Waals surface area (Å²) >= 11 is 2.06. The van der Waals surface area contributed by atoms with Crippen molar-refractivity contribution in [3.05, 3.63) is 0 Å². The van der Waals surface area contributed by atoms with E-state index in [1.165, 1.54) is 37.2 Å². The van der Waals surface area contributed by atoms with Gasteiger partial charge in [0.05, 0.1) is 0 Å². The second-order valence-corrected chi connectivity index (χ2v) is 9.06. The Kier molecular flexibility index (Phi) is 6.05. The summed E-state index contributed by atoms with van der Waals surface area (Å²) < 4.78 is 0. The predicted octanol–water partition coefficient (Wildman–Crippen LogP) is 4.71. The molecule has 1 aliphatic rings. The van der Waals surface area contributed by atoms with Crippen molar-refractivity contribution in [1.29, 1.82) is 0 Å². The van der Waals surface area contributed by atoms with Crippen molar-refractivity contribution in [2.24, 2.45) is 10.8 Å². The van der Waals surface area contributed by atoms with Gasteiger partial charge in [-0.2, -0.15) is 11.8 Å². The summed E-state index contributed by atoms with van der Waals surface area (Å²) in [7, 11) is 0. The SMILES string of the molecule is CCSCCC(C)NC1CC(C)(C)CC(C)(C)C1. The van der Waals surface area contributed by atoms with Gasteiger partial charge in [0.15, 0.2) is 0 Å². The highest BCUT2D eigenvalue weighted by molar-refractivity contribution is 7.99. The third-order valence-corrected chi connectivity index (χ3v) is 4.91. The molecule has 1 unspecified atom stereocenters. The number of hydrogen-bond donors (Lipinski definition) is 1. The highest BCUT2D eigenvalue weighted by Crippen LogP contribution is 2.45. The van der Waals surface area contributed by atoms with Crippen molar-refractivity contribution < 1.29 is 0 Å². The molecule has 1 atom stereocenters. The van der Waals surface area contributed by atoms with E-state index >= 15 is 0 Å². The van der Waals surface area contributed by atoms with Crippen LogP contribution in [-0.4, -0.2) is 23.6 Å². The number of rotatable bonds is 6. The van der Waals surface area contributed by atoms with Crippen LogP contribution in [0.5, 0.6) is 0 Å². The van der Waals surface area contributed by atoms with E-state index in [2.05, 4.69) is 58.6 Å². The highest BCUT2D eigenvalue weighted by Gasteiger charge is 2.38. The average molecular weight is 272 g/mol. The van der Waals surface area contributed by atoms with E-state index in [4.69, 9.17) is 0 Å². The Labute approximate surface area is 119 Å². The number of thioether (sulfide) groups is 1. The summed E-state index contributed by atoms with van der Waals surface area (Å²) in [6.07, 6.45) is 5.33. The van der Waals surface area contributed by atoms with Crippen molar-refractivity contribution in [3.63, 3.8) is 0 Å². The molecule has 0 aliphatic heterocycles. The Bertz CT molecular complexity index is 231. The average Bonchev–Trinajstić information content (AvgIpc) is 2.12. The number of hydrogen-bond acceptors (Lipinski definition) is 2. The Hall–Kier alpha value is 0.310. The first kappa shape index (κ1) is 16.4. The Morgan fingerprint density at radius 1 is 1.17 bits per heavy atom. The zero-order chi connectivity index (χ0) is 13.8. The Balaban J connectivity index is 2.41. The lowest BCUT2D eigenvalue weighted by Gasteiger charge is -2.46. The standard InChI is InChI=1S/C16H33NS/c1-7-18-9-8-13(2)17-14-10-15(3,4)12-16(5,6)11-14/h13-14,17H,7-12H2,1-6H3. The molecule has 1 fully saturated rings. The molecular formula is C16H33NS. The molecule has 18 heavy (non-hydrogen) atoms. The molecule has 0 amide bonds. The van der Waals surface area contributed by atoms with E-state index in [9.17, 15) is 0 Å². The molecule has 0 aromatic heterocycles. The topological polar surface area (TPSA) is 12.0 Å². The smallest absolute Gasteiger partial charge is 0.00797 e. The molecule has 0 saturated heterocycles. The monoisotopic (exact) mass is 271 g/mol. The van der Waals surface area contributed by atoms with Crippen molar-refractivity contribution in [1.82, 2.24) is 5.32 Å². The second-order valence-electron chi connectivity index (χ2n) is 7.66. The van der Waals surface area contributed by atoms with Crippen molar-refractivity contribution in [2.75, 3.05) is 11.5 Å². The quantitative estimate of drug-likeness (QED) is 0.702. The number of nitrogens with one attached hydrogen (secondary N) is 1. The molecule has 0 radical (unpaired) electrons. The molecule has 2 heteroatoms. The van der Waals surface area contributed by atoms with Crippen molar-refractivity contribution in [3.8, 4) is 0 Å². The Morgan fingerprint density at radius 2 is 1.72 bits per heavy atom. The van der Waals surface area contributed by atoms with Crippen LogP contribution < -0.4 is 5.32 Å². The van der Waals surface area contributed by atoms with Gasteiger partial charge in [0.1, 0.15) is 0 Å². The largest absolute Gasteiger partial charge is 0.311 e. The second kappa shape index (κ2) is 6.65. The van der Waals surface area contributed by atoms with Gasteiger partial charge in [0.25, 0.3) is 0 Å². The molecule has 1 saturated carbocycles. The van der Waals surface area contributed by atoms with Crippen LogP contribution in [0.15, 0.2) is 0 Å². The first-order valence-electron chi connectivity index (χ1n) is 7.58. The molecule has 0 heterocycles. The summed E-state index contributed by atoms with van der Waals surface area (Å²) in [5.74, 6) is 2.54. The molecule has 0 spiro atoms. The van der Waals surface area contributed by atoms with E-state index in [0.29, 0.717) is 22.9 Å². The molecule has 1 nitrogen and oxygen atoms in total. The lowest BCUT2D eigenvalue weighted by Crippen LogP contribution is -2.46. The first-order chi connectivity index (χ1) is 8.24. The Morgan fingerprint density at radius 3 is 2.22 bits per heavy atom. The maximum Gasteiger partial charge on any atom is 0.00797 e. The molecule has 1 N–H and O–H groups in total. The fraction of sp³-hybridized carbons (Fsp3) is 1.00. The minimum Gasteiger partial charge on any atom is -0.311 e. The molecule has 1 aliphatic carbocycles. The zero-order valence-corrected chi connectivity index (χ0v) is 14.1. The van der Waals surface area contributed by atoms with Crippen LogP contribution in [0.3, 0.4) is 0 Å². The van der Waals surface area contributed by atoms with Crippen LogP contribution in [0.25, 0.3) is 0 Å². The molecular weight excluding hydrogens is 238 g/mol. The van der Waals surface area contributed by atoms with E-state index in [1.807, 2.05) is 0 Å². The van der Waals surface area contributed by atoms with Gasteiger partial charge in [-0.15, -0.1) is 0 Å². The maximum absolute atomic E-state index is 3.88. The van der Waals surface area contributed by atoms with Crippen LogP contribution >= 0.6 is 11.8 Å². The normalized spacial score (nSPS) is 25.0. The van der Waals surface area contributed by atoms with E-state index in [1.54, 1.807) is 0 Å². The molecule has 1 rings (SSSR count). The van der Waals surface area contributed by atoms with Gasteiger partial charge in [-0.3, -0.25) is 0 Å². The van der Waals surface area contributed by atoms with Gasteiger partial charge >= 0.3 is 0 Å². The van der Waals surface area contributed by atoms with Crippen LogP contribution in [-0.2, 0) is 0 Å². The van der Waals surface area contributed by atoms with Gasteiger partial charge < -0.3 is 5.32 Å². The fourth-order valence-electron chi connectivity index (χ4n) is 3.85. The van der Waals surface area contributed by atoms with Crippen LogP contribution in [0.4, 0.5) is 0 Å². The maximum atomic E-state index is 3.88. The molecule has 0 aromatic rings. The van der Waals surface area contributed by atoms with Gasteiger partial charge in [-0.25, -0.2) is 0 Å². The summed E-state index contributed by atoms with van der Waals surface area (Å²) in [5.41, 5.74) is 0.995. The fourth-order valence-corrected chi connectivity index (χ4v) is 4.66. The third-order valence-electron chi connectivity index (χ3n) is 3.97. The van der Waals surface area contributed by atoms with Crippen molar-refractivity contribution in [2.45, 2.75) is 79.3 Å². The summed E-state index contributed by atoms with van der Waals surface area (Å²) in [6, 6.07) is 1.38. The van der Waals surface area contributed by atoms with E-state index in [-0.39, 0.29) is 0 Å².